The minimum absolute atomic E-state index is 0.0820. The Balaban J connectivity index is 1.75. The van der Waals surface area contributed by atoms with Crippen molar-refractivity contribution in [3.63, 3.8) is 0 Å². The van der Waals surface area contributed by atoms with Gasteiger partial charge < -0.3 is 13.9 Å². The molecule has 0 fully saturated rings. The first-order valence-corrected chi connectivity index (χ1v) is 10.2. The third-order valence-electron chi connectivity index (χ3n) is 5.13. The van der Waals surface area contributed by atoms with Crippen LogP contribution in [0.15, 0.2) is 44.4 Å². The number of nitrogens with zero attached hydrogens (tertiary/aromatic N) is 1. The molecule has 4 rings (SSSR count). The number of fused-ring (bicyclic) bond motifs is 2. The van der Waals surface area contributed by atoms with Gasteiger partial charge in [0.05, 0.1) is 24.6 Å². The second-order valence-electron chi connectivity index (χ2n) is 6.62. The Hall–Kier alpha value is -2.78. The molecule has 2 aromatic carbocycles. The lowest BCUT2D eigenvalue weighted by atomic mass is 9.94. The van der Waals surface area contributed by atoms with Gasteiger partial charge in [0.25, 0.3) is 0 Å². The normalized spacial score (nSPS) is 17.5. The third-order valence-corrected chi connectivity index (χ3v) is 7.09. The maximum atomic E-state index is 13.3. The van der Waals surface area contributed by atoms with Crippen molar-refractivity contribution in [2.45, 2.75) is 24.3 Å². The molecule has 0 amide bonds. The average Bonchev–Trinajstić information content (AvgIpc) is 3.06. The number of oxazole rings is 1. The summed E-state index contributed by atoms with van der Waals surface area (Å²) in [5, 5.41) is 0. The van der Waals surface area contributed by atoms with Gasteiger partial charge in [0.1, 0.15) is 0 Å². The fourth-order valence-electron chi connectivity index (χ4n) is 3.67. The van der Waals surface area contributed by atoms with Gasteiger partial charge in [-0.25, -0.2) is 13.2 Å². The highest BCUT2D eigenvalue weighted by Gasteiger charge is 2.35. The van der Waals surface area contributed by atoms with E-state index in [1.165, 1.54) is 22.5 Å². The van der Waals surface area contributed by atoms with Crippen LogP contribution in [0.4, 0.5) is 0 Å². The molecule has 0 aliphatic carbocycles. The van der Waals surface area contributed by atoms with Gasteiger partial charge in [0.2, 0.25) is 10.0 Å². The Morgan fingerprint density at radius 2 is 1.86 bits per heavy atom. The highest BCUT2D eigenvalue weighted by atomic mass is 32.2. The zero-order valence-corrected chi connectivity index (χ0v) is 16.5. The van der Waals surface area contributed by atoms with Crippen LogP contribution >= 0.6 is 0 Å². The van der Waals surface area contributed by atoms with Crippen molar-refractivity contribution in [2.75, 3.05) is 20.8 Å². The zero-order valence-electron chi connectivity index (χ0n) is 15.7. The quantitative estimate of drug-likeness (QED) is 0.717. The van der Waals surface area contributed by atoms with Crippen LogP contribution < -0.4 is 15.2 Å². The lowest BCUT2D eigenvalue weighted by Crippen LogP contribution is -2.38. The van der Waals surface area contributed by atoms with Crippen LogP contribution in [0.1, 0.15) is 24.1 Å². The van der Waals surface area contributed by atoms with Crippen molar-refractivity contribution in [3.05, 3.63) is 52.0 Å². The maximum absolute atomic E-state index is 13.3. The molecule has 1 aliphatic heterocycles. The number of aromatic nitrogens is 1. The van der Waals surface area contributed by atoms with Crippen LogP contribution in [0.5, 0.6) is 11.5 Å². The van der Waals surface area contributed by atoms with Gasteiger partial charge in [0, 0.05) is 18.7 Å². The molecule has 9 heteroatoms. The van der Waals surface area contributed by atoms with E-state index in [9.17, 15) is 13.2 Å². The Kier molecular flexibility index (Phi) is 4.43. The van der Waals surface area contributed by atoms with Crippen molar-refractivity contribution in [3.8, 4) is 11.5 Å². The minimum Gasteiger partial charge on any atom is -0.493 e. The maximum Gasteiger partial charge on any atom is 0.417 e. The van der Waals surface area contributed by atoms with E-state index in [1.54, 1.807) is 14.2 Å². The van der Waals surface area contributed by atoms with Gasteiger partial charge in [-0.05, 0) is 48.7 Å². The predicted octanol–water partition coefficient (Wildman–Crippen LogP) is 2.45. The van der Waals surface area contributed by atoms with Crippen LogP contribution in [-0.2, 0) is 16.4 Å². The number of hydrogen-bond acceptors (Lipinski definition) is 6. The first kappa shape index (κ1) is 18.6. The Labute approximate surface area is 161 Å². The van der Waals surface area contributed by atoms with Crippen LogP contribution in [0.25, 0.3) is 11.1 Å². The van der Waals surface area contributed by atoms with Crippen LogP contribution in [-0.4, -0.2) is 38.5 Å². The topological polar surface area (TPSA) is 102 Å². The molecule has 0 radical (unpaired) electrons. The SMILES string of the molecule is COc1cc2c(cc1OC)[C@@H](C)N(S(=O)(=O)c1ccc3[nH]c(=O)oc3c1)CC2. The summed E-state index contributed by atoms with van der Waals surface area (Å²) in [6, 6.07) is 7.72. The molecule has 2 heterocycles. The molecule has 0 saturated carbocycles. The van der Waals surface area contributed by atoms with Crippen LogP contribution in [0, 0.1) is 0 Å². The van der Waals surface area contributed by atoms with Crippen molar-refractivity contribution in [1.29, 1.82) is 0 Å². The Bertz CT molecular complexity index is 1210. The molecule has 28 heavy (non-hydrogen) atoms. The van der Waals surface area contributed by atoms with E-state index in [-0.39, 0.29) is 16.5 Å². The highest BCUT2D eigenvalue weighted by Crippen LogP contribution is 2.40. The van der Waals surface area contributed by atoms with E-state index in [4.69, 9.17) is 13.9 Å². The first-order valence-electron chi connectivity index (χ1n) is 8.74. The second kappa shape index (κ2) is 6.68. The fraction of sp³-hybridized carbons (Fsp3) is 0.316. The fourth-order valence-corrected chi connectivity index (χ4v) is 5.30. The number of aromatic amines is 1. The number of H-pyrrole nitrogens is 1. The number of ether oxygens (including phenoxy) is 2. The molecular weight excluding hydrogens is 384 g/mol. The van der Waals surface area contributed by atoms with Crippen molar-refractivity contribution in [2.24, 2.45) is 0 Å². The molecule has 3 aromatic rings. The van der Waals surface area contributed by atoms with E-state index in [1.807, 2.05) is 19.1 Å². The van der Waals surface area contributed by atoms with Gasteiger partial charge in [-0.2, -0.15) is 4.31 Å². The molecule has 1 aromatic heterocycles. The molecule has 148 valence electrons. The average molecular weight is 404 g/mol. The third kappa shape index (κ3) is 2.87. The molecule has 0 unspecified atom stereocenters. The van der Waals surface area contributed by atoms with Crippen LogP contribution in [0.2, 0.25) is 0 Å². The molecule has 8 nitrogen and oxygen atoms in total. The van der Waals surface area contributed by atoms with Gasteiger partial charge in [-0.1, -0.05) is 0 Å². The lowest BCUT2D eigenvalue weighted by molar-refractivity contribution is 0.319. The molecule has 0 bridgehead atoms. The summed E-state index contributed by atoms with van der Waals surface area (Å²) < 4.78 is 43.7. The minimum atomic E-state index is -3.79. The molecule has 0 spiro atoms. The summed E-state index contributed by atoms with van der Waals surface area (Å²) in [6.07, 6.45) is 0.556. The van der Waals surface area contributed by atoms with E-state index in [0.717, 1.165) is 11.1 Å². The number of hydrogen-bond donors (Lipinski definition) is 1. The number of benzene rings is 2. The van der Waals surface area contributed by atoms with E-state index < -0.39 is 15.8 Å². The molecular formula is C19H20N2O6S. The monoisotopic (exact) mass is 404 g/mol. The van der Waals surface area contributed by atoms with Crippen LogP contribution in [0.3, 0.4) is 0 Å². The standard InChI is InChI=1S/C19H20N2O6S/c1-11-14-10-18(26-3)17(25-2)8-12(14)6-7-21(11)28(23,24)13-4-5-15-16(9-13)27-19(22)20-15/h4-5,8-11H,6-7H2,1-3H3,(H,20,22)/t11-/m1/s1. The van der Waals surface area contributed by atoms with Gasteiger partial charge in [-0.15, -0.1) is 0 Å². The van der Waals surface area contributed by atoms with Crippen molar-refractivity contribution in [1.82, 2.24) is 9.29 Å². The first-order chi connectivity index (χ1) is 13.3. The summed E-state index contributed by atoms with van der Waals surface area (Å²) >= 11 is 0. The van der Waals surface area contributed by atoms with E-state index >= 15 is 0 Å². The van der Waals surface area contributed by atoms with Gasteiger partial charge in [-0.3, -0.25) is 4.98 Å². The van der Waals surface area contributed by atoms with E-state index in [0.29, 0.717) is 30.0 Å². The number of methoxy groups -OCH3 is 2. The van der Waals surface area contributed by atoms with Gasteiger partial charge in [0.15, 0.2) is 17.1 Å². The Morgan fingerprint density at radius 1 is 1.14 bits per heavy atom. The van der Waals surface area contributed by atoms with Crippen molar-refractivity contribution < 1.29 is 22.3 Å². The second-order valence-corrected chi connectivity index (χ2v) is 8.51. The summed E-state index contributed by atoms with van der Waals surface area (Å²) in [7, 11) is -0.666. The predicted molar refractivity (Wildman–Crippen MR) is 102 cm³/mol. The van der Waals surface area contributed by atoms with Crippen molar-refractivity contribution >= 4 is 21.1 Å². The summed E-state index contributed by atoms with van der Waals surface area (Å²) in [5.41, 5.74) is 2.57. The summed E-state index contributed by atoms with van der Waals surface area (Å²) in [6.45, 7) is 2.18. The molecule has 1 atom stereocenters. The lowest BCUT2D eigenvalue weighted by Gasteiger charge is -2.34. The summed E-state index contributed by atoms with van der Waals surface area (Å²) in [5.74, 6) is 0.561. The summed E-state index contributed by atoms with van der Waals surface area (Å²) in [4.78, 5) is 13.9. The van der Waals surface area contributed by atoms with E-state index in [2.05, 4.69) is 4.98 Å². The number of rotatable bonds is 4. The highest BCUT2D eigenvalue weighted by molar-refractivity contribution is 7.89. The Morgan fingerprint density at radius 3 is 2.57 bits per heavy atom. The smallest absolute Gasteiger partial charge is 0.417 e. The van der Waals surface area contributed by atoms with Gasteiger partial charge >= 0.3 is 5.76 Å². The molecule has 0 saturated heterocycles. The molecule has 1 aliphatic rings. The number of nitrogens with one attached hydrogen (secondary N) is 1. The number of sulfonamides is 1. The molecule has 1 N–H and O–H groups in total. The zero-order chi connectivity index (χ0) is 20.1. The largest absolute Gasteiger partial charge is 0.493 e.